The van der Waals surface area contributed by atoms with Gasteiger partial charge in [-0.2, -0.15) is 0 Å². The van der Waals surface area contributed by atoms with Crippen molar-refractivity contribution in [3.8, 4) is 17.2 Å². The van der Waals surface area contributed by atoms with Crippen LogP contribution in [0.3, 0.4) is 0 Å². The minimum absolute atomic E-state index is 0.156. The maximum Gasteiger partial charge on any atom is 0.412 e. The van der Waals surface area contributed by atoms with Gasteiger partial charge in [0.25, 0.3) is 0 Å². The third-order valence-electron chi connectivity index (χ3n) is 3.73. The molecule has 1 heterocycles. The fourth-order valence-corrected chi connectivity index (χ4v) is 3.27. The fraction of sp³-hybridized carbons (Fsp3) is 0.200. The highest BCUT2D eigenvalue weighted by molar-refractivity contribution is 7.19. The van der Waals surface area contributed by atoms with Gasteiger partial charge in [0.2, 0.25) is 0 Å². The highest BCUT2D eigenvalue weighted by atomic mass is 32.1. The van der Waals surface area contributed by atoms with Gasteiger partial charge in [-0.25, -0.2) is 9.78 Å². The molecule has 0 aliphatic carbocycles. The molecule has 2 aromatic carbocycles. The van der Waals surface area contributed by atoms with Crippen LogP contribution in [-0.4, -0.2) is 39.1 Å². The second kappa shape index (κ2) is 9.20. The topological polar surface area (TPSA) is 78.9 Å². The molecular weight excluding hydrogens is 380 g/mol. The molecule has 0 radical (unpaired) electrons. The van der Waals surface area contributed by atoms with E-state index in [0.717, 1.165) is 20.8 Å². The van der Waals surface area contributed by atoms with Crippen molar-refractivity contribution in [3.63, 3.8) is 0 Å². The van der Waals surface area contributed by atoms with Gasteiger partial charge in [0, 0.05) is 20.2 Å². The summed E-state index contributed by atoms with van der Waals surface area (Å²) in [5.74, 6) is 1.69. The molecule has 0 saturated heterocycles. The summed E-state index contributed by atoms with van der Waals surface area (Å²) in [5.41, 5.74) is 1.72. The van der Waals surface area contributed by atoms with Crippen LogP contribution in [0.5, 0.6) is 17.2 Å². The Balaban J connectivity index is 1.78. The van der Waals surface area contributed by atoms with Crippen molar-refractivity contribution in [1.82, 2.24) is 10.3 Å². The Morgan fingerprint density at radius 3 is 2.75 bits per heavy atom. The predicted molar refractivity (Wildman–Crippen MR) is 109 cm³/mol. The Hall–Kier alpha value is -3.10. The van der Waals surface area contributed by atoms with E-state index in [-0.39, 0.29) is 6.79 Å². The van der Waals surface area contributed by atoms with Gasteiger partial charge in [-0.05, 0) is 35.9 Å². The molecule has 0 aliphatic heterocycles. The Kier molecular flexibility index (Phi) is 6.46. The van der Waals surface area contributed by atoms with Gasteiger partial charge < -0.3 is 24.3 Å². The van der Waals surface area contributed by atoms with Gasteiger partial charge in [0.05, 0.1) is 17.3 Å². The van der Waals surface area contributed by atoms with E-state index in [2.05, 4.69) is 10.3 Å². The van der Waals surface area contributed by atoms with Gasteiger partial charge in [0.15, 0.2) is 18.3 Å². The number of amides is 1. The van der Waals surface area contributed by atoms with E-state index in [1.807, 2.05) is 36.4 Å². The quantitative estimate of drug-likeness (QED) is 0.600. The molecular formula is C20H20N2O5S. The minimum atomic E-state index is -0.512. The first kappa shape index (κ1) is 19.7. The summed E-state index contributed by atoms with van der Waals surface area (Å²) in [4.78, 5) is 15.9. The molecule has 0 aliphatic rings. The SMILES string of the molecule is CNC(=O)Oc1ccc2sc(C=Cc3ccc(OCOC)c(OC)c3)nc2c1. The number of thiazole rings is 1. The van der Waals surface area contributed by atoms with Crippen LogP contribution in [0.25, 0.3) is 22.4 Å². The molecule has 1 aromatic heterocycles. The van der Waals surface area contributed by atoms with Gasteiger partial charge >= 0.3 is 6.09 Å². The largest absolute Gasteiger partial charge is 0.493 e. The molecule has 28 heavy (non-hydrogen) atoms. The van der Waals surface area contributed by atoms with Crippen LogP contribution >= 0.6 is 11.3 Å². The minimum Gasteiger partial charge on any atom is -0.493 e. The highest BCUT2D eigenvalue weighted by Gasteiger charge is 2.07. The van der Waals surface area contributed by atoms with E-state index in [4.69, 9.17) is 18.9 Å². The zero-order valence-electron chi connectivity index (χ0n) is 15.7. The number of hydrogen-bond donors (Lipinski definition) is 1. The van der Waals surface area contributed by atoms with E-state index >= 15 is 0 Å². The standard InChI is InChI=1S/C20H20N2O5S/c1-21-20(23)27-14-6-8-18-15(11-14)22-19(28-18)9-5-13-4-7-16(26-12-24-2)17(10-13)25-3/h4-11H,12H2,1-3H3,(H,21,23). The maximum atomic E-state index is 11.3. The van der Waals surface area contributed by atoms with Crippen molar-refractivity contribution >= 4 is 39.8 Å². The number of hydrogen-bond acceptors (Lipinski definition) is 7. The molecule has 3 aromatic rings. The first-order valence-electron chi connectivity index (χ1n) is 8.41. The Morgan fingerprint density at radius 1 is 1.14 bits per heavy atom. The normalized spacial score (nSPS) is 11.0. The summed E-state index contributed by atoms with van der Waals surface area (Å²) >= 11 is 1.55. The van der Waals surface area contributed by atoms with E-state index < -0.39 is 6.09 Å². The molecule has 0 bridgehead atoms. The number of ether oxygens (including phenoxy) is 4. The number of fused-ring (bicyclic) bond motifs is 1. The van der Waals surface area contributed by atoms with Crippen molar-refractivity contribution in [3.05, 3.63) is 47.0 Å². The Bertz CT molecular complexity index is 999. The van der Waals surface area contributed by atoms with Crippen LogP contribution in [0.4, 0.5) is 4.79 Å². The maximum absolute atomic E-state index is 11.3. The number of carbonyl (C=O) groups is 1. The summed E-state index contributed by atoms with van der Waals surface area (Å²) in [6.07, 6.45) is 3.36. The average molecular weight is 400 g/mol. The molecule has 7 nitrogen and oxygen atoms in total. The molecule has 8 heteroatoms. The highest BCUT2D eigenvalue weighted by Crippen LogP contribution is 2.30. The molecule has 146 valence electrons. The van der Waals surface area contributed by atoms with Crippen LogP contribution in [-0.2, 0) is 4.74 Å². The van der Waals surface area contributed by atoms with Gasteiger partial charge in [-0.15, -0.1) is 11.3 Å². The Morgan fingerprint density at radius 2 is 2.00 bits per heavy atom. The number of rotatable bonds is 7. The molecule has 0 unspecified atom stereocenters. The van der Waals surface area contributed by atoms with Gasteiger partial charge in [-0.3, -0.25) is 0 Å². The van der Waals surface area contributed by atoms with Crippen molar-refractivity contribution < 1.29 is 23.7 Å². The van der Waals surface area contributed by atoms with Crippen LogP contribution < -0.4 is 19.5 Å². The van der Waals surface area contributed by atoms with Crippen molar-refractivity contribution in [1.29, 1.82) is 0 Å². The van der Waals surface area contributed by atoms with E-state index in [1.165, 1.54) is 7.05 Å². The lowest BCUT2D eigenvalue weighted by Gasteiger charge is -2.10. The zero-order valence-corrected chi connectivity index (χ0v) is 16.5. The number of methoxy groups -OCH3 is 2. The zero-order chi connectivity index (χ0) is 19.9. The number of aromatic nitrogens is 1. The van der Waals surface area contributed by atoms with Crippen molar-refractivity contribution in [2.24, 2.45) is 0 Å². The van der Waals surface area contributed by atoms with E-state index in [0.29, 0.717) is 17.2 Å². The van der Waals surface area contributed by atoms with Gasteiger partial charge in [-0.1, -0.05) is 12.1 Å². The lowest BCUT2D eigenvalue weighted by atomic mass is 10.2. The smallest absolute Gasteiger partial charge is 0.412 e. The van der Waals surface area contributed by atoms with Gasteiger partial charge in [0.1, 0.15) is 10.8 Å². The Labute approximate surface area is 166 Å². The van der Waals surface area contributed by atoms with Crippen LogP contribution in [0.15, 0.2) is 36.4 Å². The van der Waals surface area contributed by atoms with E-state index in [9.17, 15) is 4.79 Å². The third kappa shape index (κ3) is 4.79. The summed E-state index contributed by atoms with van der Waals surface area (Å²) < 4.78 is 21.9. The molecule has 0 spiro atoms. The number of carbonyl (C=O) groups excluding carboxylic acids is 1. The summed E-state index contributed by atoms with van der Waals surface area (Å²) in [6, 6.07) is 11.0. The van der Waals surface area contributed by atoms with Crippen LogP contribution in [0, 0.1) is 0 Å². The fourth-order valence-electron chi connectivity index (χ4n) is 2.41. The molecule has 0 fully saturated rings. The van der Waals surface area contributed by atoms with Crippen molar-refractivity contribution in [2.45, 2.75) is 0 Å². The monoisotopic (exact) mass is 400 g/mol. The molecule has 0 atom stereocenters. The first-order valence-corrected chi connectivity index (χ1v) is 9.22. The average Bonchev–Trinajstić information content (AvgIpc) is 3.13. The molecule has 1 N–H and O–H groups in total. The molecule has 0 saturated carbocycles. The molecule has 1 amide bonds. The van der Waals surface area contributed by atoms with Crippen LogP contribution in [0.2, 0.25) is 0 Å². The summed E-state index contributed by atoms with van der Waals surface area (Å²) in [5, 5.41) is 3.25. The lowest BCUT2D eigenvalue weighted by molar-refractivity contribution is 0.0491. The number of nitrogens with one attached hydrogen (secondary N) is 1. The first-order chi connectivity index (χ1) is 13.6. The lowest BCUT2D eigenvalue weighted by Crippen LogP contribution is -2.21. The molecule has 3 rings (SSSR count). The third-order valence-corrected chi connectivity index (χ3v) is 4.73. The second-order valence-electron chi connectivity index (χ2n) is 5.62. The predicted octanol–water partition coefficient (Wildman–Crippen LogP) is 4.18. The van der Waals surface area contributed by atoms with Crippen LogP contribution in [0.1, 0.15) is 10.6 Å². The number of benzene rings is 2. The van der Waals surface area contributed by atoms with E-state index in [1.54, 1.807) is 37.7 Å². The second-order valence-corrected chi connectivity index (χ2v) is 6.68. The van der Waals surface area contributed by atoms with Crippen molar-refractivity contribution in [2.75, 3.05) is 28.1 Å². The number of nitrogens with zero attached hydrogens (tertiary/aromatic N) is 1. The summed E-state index contributed by atoms with van der Waals surface area (Å²) in [6.45, 7) is 0.156. The summed E-state index contributed by atoms with van der Waals surface area (Å²) in [7, 11) is 4.67.